The van der Waals surface area contributed by atoms with Crippen molar-refractivity contribution in [3.8, 4) is 0 Å². The molecule has 0 radical (unpaired) electrons. The molecule has 0 N–H and O–H groups in total. The second-order valence-electron chi connectivity index (χ2n) is 8.58. The van der Waals surface area contributed by atoms with Crippen molar-refractivity contribution < 1.29 is 0 Å². The minimum atomic E-state index is -2.18. The molecule has 0 aromatic carbocycles. The van der Waals surface area contributed by atoms with Gasteiger partial charge in [0.1, 0.15) is 0 Å². The van der Waals surface area contributed by atoms with E-state index in [1.807, 2.05) is 0 Å². The zero-order chi connectivity index (χ0) is 21.0. The Morgan fingerprint density at radius 2 is 0.536 bits per heavy atom. The van der Waals surface area contributed by atoms with Gasteiger partial charge in [-0.2, -0.15) is 0 Å². The van der Waals surface area contributed by atoms with E-state index in [-0.39, 0.29) is 0 Å². The molecule has 28 heavy (non-hydrogen) atoms. The fourth-order valence-corrected chi connectivity index (χ4v) is 14.9. The first-order valence-corrected chi connectivity index (χ1v) is 17.3. The van der Waals surface area contributed by atoms with Gasteiger partial charge in [0, 0.05) is 0 Å². The predicted molar refractivity (Wildman–Crippen MR) is 130 cm³/mol. The van der Waals surface area contributed by atoms with Crippen LogP contribution in [0.25, 0.3) is 0 Å². The van der Waals surface area contributed by atoms with Crippen LogP contribution >= 0.6 is 0 Å². The number of hydrogen-bond acceptors (Lipinski definition) is 3. The van der Waals surface area contributed by atoms with Crippen LogP contribution in [0.2, 0.25) is 0 Å². The van der Waals surface area contributed by atoms with Crippen molar-refractivity contribution in [2.45, 2.75) is 119 Å². The molecular formula is C24H54InN3-2. The molecule has 3 nitrogen and oxygen atoms in total. The summed E-state index contributed by atoms with van der Waals surface area (Å²) in [5.41, 5.74) is 0. The van der Waals surface area contributed by atoms with Gasteiger partial charge in [-0.05, 0) is 0 Å². The molecule has 0 amide bonds. The van der Waals surface area contributed by atoms with Gasteiger partial charge >= 0.3 is 189 Å². The van der Waals surface area contributed by atoms with Gasteiger partial charge in [-0.1, -0.05) is 0 Å². The van der Waals surface area contributed by atoms with Gasteiger partial charge in [-0.3, -0.25) is 0 Å². The third-order valence-electron chi connectivity index (χ3n) is 5.77. The monoisotopic (exact) mass is 499 g/mol. The standard InChI is InChI=1S/3C8H18N.In/c3*1-3-5-7-9-8-6-4-2;/h3*3-8H2,1-2H3;/q3*-1;+1. The Hall–Kier alpha value is 0.750. The van der Waals surface area contributed by atoms with Crippen molar-refractivity contribution in [2.75, 3.05) is 39.3 Å². The summed E-state index contributed by atoms with van der Waals surface area (Å²) < 4.78 is 9.18. The topological polar surface area (TPSA) is 9.72 Å². The maximum absolute atomic E-state index is 3.06. The zero-order valence-corrected chi connectivity index (χ0v) is 23.9. The minimum absolute atomic E-state index is 1.33. The fraction of sp³-hybridized carbons (Fsp3) is 1.00. The van der Waals surface area contributed by atoms with Crippen molar-refractivity contribution in [3.63, 3.8) is 0 Å². The molecule has 0 saturated heterocycles. The first-order chi connectivity index (χ1) is 13.7. The molecule has 0 atom stereocenters. The molecule has 0 heterocycles. The van der Waals surface area contributed by atoms with E-state index >= 15 is 0 Å². The average molecular weight is 500 g/mol. The van der Waals surface area contributed by atoms with Crippen molar-refractivity contribution in [2.24, 2.45) is 0 Å². The van der Waals surface area contributed by atoms with Crippen LogP contribution in [0.1, 0.15) is 119 Å². The van der Waals surface area contributed by atoms with E-state index in [1.54, 1.807) is 0 Å². The van der Waals surface area contributed by atoms with E-state index in [9.17, 15) is 0 Å². The Balaban J connectivity index is 5.67. The van der Waals surface area contributed by atoms with E-state index in [1.165, 1.54) is 116 Å². The van der Waals surface area contributed by atoms with Crippen molar-refractivity contribution in [1.82, 2.24) is 8.66 Å². The van der Waals surface area contributed by atoms with E-state index < -0.39 is 22.3 Å². The summed E-state index contributed by atoms with van der Waals surface area (Å²) in [5, 5.41) is 0. The third-order valence-corrected chi connectivity index (χ3v) is 15.8. The number of unbranched alkanes of at least 4 members (excludes halogenated alkanes) is 6. The summed E-state index contributed by atoms with van der Waals surface area (Å²) in [4.78, 5) is 0. The molecule has 0 aromatic heterocycles. The van der Waals surface area contributed by atoms with Crippen LogP contribution in [0.3, 0.4) is 0 Å². The molecule has 0 bridgehead atoms. The summed E-state index contributed by atoms with van der Waals surface area (Å²) in [6, 6.07) is 0. The number of nitrogens with zero attached hydrogens (tertiary/aromatic N) is 3. The van der Waals surface area contributed by atoms with Crippen LogP contribution in [0.4, 0.5) is 0 Å². The molecule has 170 valence electrons. The second-order valence-corrected chi connectivity index (χ2v) is 16.8. The molecule has 0 rings (SSSR count). The van der Waals surface area contributed by atoms with Gasteiger partial charge in [-0.25, -0.2) is 0 Å². The predicted octanol–water partition coefficient (Wildman–Crippen LogP) is 6.68. The van der Waals surface area contributed by atoms with E-state index in [4.69, 9.17) is 0 Å². The van der Waals surface area contributed by atoms with Gasteiger partial charge < -0.3 is 0 Å². The Labute approximate surface area is 188 Å². The molecule has 0 aliphatic rings. The molecule has 0 aliphatic carbocycles. The van der Waals surface area contributed by atoms with Crippen molar-refractivity contribution in [3.05, 3.63) is 0 Å². The molecule has 0 unspecified atom stereocenters. The number of hydrogen-bond donors (Lipinski definition) is 0. The summed E-state index contributed by atoms with van der Waals surface area (Å²) in [6.07, 6.45) is 16.2. The normalized spacial score (nSPS) is 12.2. The Kier molecular flexibility index (Phi) is 21.6. The van der Waals surface area contributed by atoms with Gasteiger partial charge in [-0.15, -0.1) is 0 Å². The summed E-state index contributed by atoms with van der Waals surface area (Å²) in [7, 11) is 0. The van der Waals surface area contributed by atoms with Gasteiger partial charge in [0.15, 0.2) is 0 Å². The van der Waals surface area contributed by atoms with Crippen LogP contribution in [-0.4, -0.2) is 70.2 Å². The van der Waals surface area contributed by atoms with Crippen molar-refractivity contribution >= 4 is 22.3 Å². The fourth-order valence-electron chi connectivity index (χ4n) is 3.89. The quantitative estimate of drug-likeness (QED) is 0.175. The molecule has 4 heteroatoms. The molecular weight excluding hydrogens is 445 g/mol. The van der Waals surface area contributed by atoms with Crippen LogP contribution in [0.15, 0.2) is 0 Å². The molecule has 0 saturated carbocycles. The van der Waals surface area contributed by atoms with Gasteiger partial charge in [0.05, 0.1) is 0 Å². The first kappa shape index (κ1) is 28.8. The van der Waals surface area contributed by atoms with Gasteiger partial charge in [0.2, 0.25) is 0 Å². The van der Waals surface area contributed by atoms with Gasteiger partial charge in [0.25, 0.3) is 0 Å². The summed E-state index contributed by atoms with van der Waals surface area (Å²) in [5.74, 6) is 0. The Bertz CT molecular complexity index is 243. The SMILES string of the molecule is CCCC[N](CCCC)[In-2]([N](CCCC)CCCC)[N](CCCC)CCCC. The number of rotatable bonds is 21. The van der Waals surface area contributed by atoms with Crippen LogP contribution < -0.4 is 0 Å². The average Bonchev–Trinajstić information content (AvgIpc) is 2.72. The second kappa shape index (κ2) is 21.0. The van der Waals surface area contributed by atoms with Crippen LogP contribution in [0, 0.1) is 0 Å². The van der Waals surface area contributed by atoms with Crippen LogP contribution in [-0.2, 0) is 0 Å². The Morgan fingerprint density at radius 3 is 0.679 bits per heavy atom. The zero-order valence-electron chi connectivity index (χ0n) is 20.6. The van der Waals surface area contributed by atoms with Crippen molar-refractivity contribution in [1.29, 1.82) is 0 Å². The van der Waals surface area contributed by atoms with E-state index in [0.717, 1.165) is 0 Å². The third kappa shape index (κ3) is 13.1. The molecule has 0 aromatic rings. The molecule has 0 aliphatic heterocycles. The van der Waals surface area contributed by atoms with E-state index in [2.05, 4.69) is 50.2 Å². The summed E-state index contributed by atoms with van der Waals surface area (Å²) in [6.45, 7) is 22.3. The molecule has 0 fully saturated rings. The molecule has 0 spiro atoms. The van der Waals surface area contributed by atoms with Crippen LogP contribution in [0.5, 0.6) is 0 Å². The maximum atomic E-state index is 3.06. The van der Waals surface area contributed by atoms with E-state index in [0.29, 0.717) is 0 Å². The first-order valence-electron chi connectivity index (χ1n) is 12.9. The summed E-state index contributed by atoms with van der Waals surface area (Å²) >= 11 is -2.18. The Morgan fingerprint density at radius 1 is 0.357 bits per heavy atom.